The van der Waals surface area contributed by atoms with Crippen LogP contribution in [-0.2, 0) is 17.6 Å². The molecule has 0 saturated carbocycles. The molecule has 1 aromatic heterocycles. The number of Topliss-reactive ketones (excluding diaryl/α,β-unsaturated/α-hetero) is 1. The molecule has 4 heterocycles. The molecule has 50 heavy (non-hydrogen) atoms. The van der Waals surface area contributed by atoms with E-state index in [1.807, 2.05) is 11.1 Å². The van der Waals surface area contributed by atoms with Crippen molar-refractivity contribution in [3.8, 4) is 0 Å². The van der Waals surface area contributed by atoms with Gasteiger partial charge in [0, 0.05) is 89.0 Å². The molecular formula is C42H65N7O. The molecule has 0 amide bonds. The van der Waals surface area contributed by atoms with E-state index in [-0.39, 0.29) is 11.7 Å². The van der Waals surface area contributed by atoms with Gasteiger partial charge in [0.15, 0.2) is 0 Å². The normalized spacial score (nSPS) is 19.1. The van der Waals surface area contributed by atoms with E-state index in [1.165, 1.54) is 41.2 Å². The molecule has 2 saturated heterocycles. The van der Waals surface area contributed by atoms with Gasteiger partial charge in [-0.2, -0.15) is 5.10 Å². The minimum Gasteiger partial charge on any atom is -0.369 e. The van der Waals surface area contributed by atoms with Gasteiger partial charge in [-0.25, -0.2) is 9.99 Å². The van der Waals surface area contributed by atoms with Crippen molar-refractivity contribution < 1.29 is 4.79 Å². The van der Waals surface area contributed by atoms with E-state index in [2.05, 4.69) is 116 Å². The molecule has 0 bridgehead atoms. The third-order valence-electron chi connectivity index (χ3n) is 10.5. The number of nitrogens with zero attached hydrogens (tertiary/aromatic N) is 7. The summed E-state index contributed by atoms with van der Waals surface area (Å²) in [5, 5.41) is 6.38. The number of aromatic nitrogens is 1. The quantitative estimate of drug-likeness (QED) is 0.114. The fourth-order valence-electron chi connectivity index (χ4n) is 7.41. The zero-order valence-electron chi connectivity index (χ0n) is 32.3. The molecule has 8 heteroatoms. The van der Waals surface area contributed by atoms with Crippen LogP contribution in [0, 0.1) is 11.8 Å². The average molecular weight is 684 g/mol. The molecule has 5 rings (SSSR count). The van der Waals surface area contributed by atoms with E-state index in [4.69, 9.17) is 4.98 Å². The number of anilines is 3. The van der Waals surface area contributed by atoms with E-state index in [0.29, 0.717) is 18.3 Å². The Morgan fingerprint density at radius 1 is 1.08 bits per heavy atom. The van der Waals surface area contributed by atoms with Crippen molar-refractivity contribution in [2.75, 3.05) is 81.3 Å². The number of fused-ring (bicyclic) bond motifs is 1. The third-order valence-corrected chi connectivity index (χ3v) is 10.5. The van der Waals surface area contributed by atoms with E-state index < -0.39 is 0 Å². The van der Waals surface area contributed by atoms with E-state index >= 15 is 0 Å². The van der Waals surface area contributed by atoms with Crippen molar-refractivity contribution in [3.05, 3.63) is 71.6 Å². The van der Waals surface area contributed by atoms with Gasteiger partial charge in [0.1, 0.15) is 11.6 Å². The van der Waals surface area contributed by atoms with Crippen LogP contribution in [-0.4, -0.2) is 93.7 Å². The summed E-state index contributed by atoms with van der Waals surface area (Å²) in [4.78, 5) is 27.5. The SMILES string of the molecule is C=CC(C)C.C=NN(/C(C)=C\CC)c1cc(C(CC(C)=O)CN2CCC(CCc3ccc4c(n3)N(C)CCC4)C2)cc(N2CCN(C)CC2)c1. The van der Waals surface area contributed by atoms with Crippen LogP contribution in [0.4, 0.5) is 17.2 Å². The van der Waals surface area contributed by atoms with Crippen molar-refractivity contribution in [2.24, 2.45) is 16.9 Å². The number of hydrogen-bond acceptors (Lipinski definition) is 8. The summed E-state index contributed by atoms with van der Waals surface area (Å²) in [6, 6.07) is 11.4. The number of likely N-dealkylation sites (tertiary alicyclic amines) is 1. The van der Waals surface area contributed by atoms with Crippen LogP contribution in [0.1, 0.15) is 89.5 Å². The number of aryl methyl sites for hydroxylation is 2. The van der Waals surface area contributed by atoms with Gasteiger partial charge in [-0.3, -0.25) is 0 Å². The Morgan fingerprint density at radius 3 is 2.48 bits per heavy atom. The molecule has 274 valence electrons. The van der Waals surface area contributed by atoms with Crippen molar-refractivity contribution in [3.63, 3.8) is 0 Å². The Morgan fingerprint density at radius 2 is 1.82 bits per heavy atom. The van der Waals surface area contributed by atoms with Gasteiger partial charge in [0.25, 0.3) is 0 Å². The lowest BCUT2D eigenvalue weighted by molar-refractivity contribution is -0.117. The first-order valence-electron chi connectivity index (χ1n) is 19.1. The van der Waals surface area contributed by atoms with Crippen LogP contribution < -0.4 is 14.8 Å². The molecule has 0 aliphatic carbocycles. The molecule has 0 radical (unpaired) electrons. The zero-order valence-corrected chi connectivity index (χ0v) is 32.3. The third kappa shape index (κ3) is 11.3. The number of hydrazone groups is 1. The van der Waals surface area contributed by atoms with Gasteiger partial charge in [-0.15, -0.1) is 6.58 Å². The summed E-state index contributed by atoms with van der Waals surface area (Å²) in [5.74, 6) is 2.87. The fourth-order valence-corrected chi connectivity index (χ4v) is 7.41. The van der Waals surface area contributed by atoms with E-state index in [9.17, 15) is 4.79 Å². The Labute approximate surface area is 303 Å². The standard InChI is InChI=1S/C37H55N7O.C5H10/c1-7-9-28(2)44(38-4)36-24-32(23-35(25-36)43-20-18-40(5)19-21-43)33(22-29(3)45)27-42-17-15-30(26-42)11-13-34-14-12-31-10-8-16-41(6)37(31)39-34;1-4-5(2)3/h9,12,14,23-25,30,33H,4,7-8,10-11,13,15-22,26-27H2,1-3,5-6H3;4-5H,1H2,2-3H3/b28-9-;. The van der Waals surface area contributed by atoms with E-state index in [1.54, 1.807) is 6.92 Å². The summed E-state index contributed by atoms with van der Waals surface area (Å²) in [6.45, 7) is 25.9. The Balaban J connectivity index is 0.00000105. The van der Waals surface area contributed by atoms with Crippen LogP contribution in [0.25, 0.3) is 0 Å². The second-order valence-corrected chi connectivity index (χ2v) is 15.1. The minimum atomic E-state index is 0.132. The van der Waals surface area contributed by atoms with Gasteiger partial charge in [0.05, 0.1) is 5.69 Å². The zero-order chi connectivity index (χ0) is 36.2. The second-order valence-electron chi connectivity index (χ2n) is 15.1. The smallest absolute Gasteiger partial charge is 0.131 e. The first-order valence-corrected chi connectivity index (χ1v) is 19.1. The summed E-state index contributed by atoms with van der Waals surface area (Å²) >= 11 is 0. The molecule has 2 fully saturated rings. The van der Waals surface area contributed by atoms with Crippen LogP contribution in [0.15, 0.2) is 59.9 Å². The highest BCUT2D eigenvalue weighted by molar-refractivity contribution is 5.77. The maximum absolute atomic E-state index is 12.6. The number of piperazine rings is 1. The van der Waals surface area contributed by atoms with Crippen molar-refractivity contribution in [2.45, 2.75) is 85.5 Å². The number of carbonyl (C=O) groups is 1. The number of allylic oxidation sites excluding steroid dienone is 3. The maximum atomic E-state index is 12.6. The lowest BCUT2D eigenvalue weighted by Crippen LogP contribution is -2.44. The number of benzene rings is 1. The molecule has 2 atom stereocenters. The molecule has 2 unspecified atom stereocenters. The lowest BCUT2D eigenvalue weighted by atomic mass is 9.92. The molecule has 8 nitrogen and oxygen atoms in total. The van der Waals surface area contributed by atoms with Crippen molar-refractivity contribution in [1.29, 1.82) is 0 Å². The molecular weight excluding hydrogens is 619 g/mol. The fraction of sp³-hybridized carbons (Fsp3) is 0.595. The highest BCUT2D eigenvalue weighted by atomic mass is 16.1. The van der Waals surface area contributed by atoms with E-state index in [0.717, 1.165) is 89.4 Å². The molecule has 2 aromatic rings. The number of pyridine rings is 1. The Hall–Kier alpha value is -3.49. The van der Waals surface area contributed by atoms with Crippen LogP contribution in [0.3, 0.4) is 0 Å². The minimum absolute atomic E-state index is 0.132. The molecule has 0 spiro atoms. The predicted octanol–water partition coefficient (Wildman–Crippen LogP) is 7.80. The van der Waals surface area contributed by atoms with Crippen LogP contribution in [0.2, 0.25) is 0 Å². The number of ketones is 1. The summed E-state index contributed by atoms with van der Waals surface area (Å²) in [6.07, 6.45) is 11.3. The Bertz CT molecular complexity index is 1440. The van der Waals surface area contributed by atoms with Gasteiger partial charge >= 0.3 is 0 Å². The average Bonchev–Trinajstić information content (AvgIpc) is 3.55. The summed E-state index contributed by atoms with van der Waals surface area (Å²) < 4.78 is 0. The Kier molecular flexibility index (Phi) is 15.1. The van der Waals surface area contributed by atoms with Gasteiger partial charge in [0.2, 0.25) is 0 Å². The highest BCUT2D eigenvalue weighted by Gasteiger charge is 2.28. The first-order chi connectivity index (χ1) is 24.0. The van der Waals surface area contributed by atoms with Crippen LogP contribution >= 0.6 is 0 Å². The summed E-state index contributed by atoms with van der Waals surface area (Å²) in [7, 11) is 4.36. The number of likely N-dealkylation sites (N-methyl/N-ethyl adjacent to an activating group) is 1. The molecule has 3 aliphatic rings. The highest BCUT2D eigenvalue weighted by Crippen LogP contribution is 2.35. The summed E-state index contributed by atoms with van der Waals surface area (Å²) in [5.41, 5.74) is 7.13. The van der Waals surface area contributed by atoms with Gasteiger partial charge in [-0.05, 0) is 113 Å². The lowest BCUT2D eigenvalue weighted by Gasteiger charge is -2.35. The molecule has 3 aliphatic heterocycles. The largest absolute Gasteiger partial charge is 0.369 e. The maximum Gasteiger partial charge on any atom is 0.131 e. The monoisotopic (exact) mass is 684 g/mol. The van der Waals surface area contributed by atoms with Crippen LogP contribution in [0.5, 0.6) is 0 Å². The number of rotatable bonds is 14. The second kappa shape index (κ2) is 19.2. The molecule has 1 aromatic carbocycles. The van der Waals surface area contributed by atoms with Crippen molar-refractivity contribution in [1.82, 2.24) is 14.8 Å². The number of carbonyl (C=O) groups excluding carboxylic acids is 1. The van der Waals surface area contributed by atoms with Gasteiger partial charge in [-0.1, -0.05) is 39.0 Å². The molecule has 0 N–H and O–H groups in total. The van der Waals surface area contributed by atoms with Crippen molar-refractivity contribution >= 4 is 29.7 Å². The first kappa shape index (κ1) is 39.3. The number of hydrogen-bond donors (Lipinski definition) is 0. The van der Waals surface area contributed by atoms with Gasteiger partial charge < -0.3 is 24.4 Å². The topological polar surface area (TPSA) is 58.5 Å². The predicted molar refractivity (Wildman–Crippen MR) is 214 cm³/mol.